The number of alkyl halides is 1. The summed E-state index contributed by atoms with van der Waals surface area (Å²) in [5, 5.41) is 6.29. The summed E-state index contributed by atoms with van der Waals surface area (Å²) in [4.78, 5) is 18.5. The quantitative estimate of drug-likeness (QED) is 0.323. The second-order valence-corrected chi connectivity index (χ2v) is 12.8. The van der Waals surface area contributed by atoms with Crippen molar-refractivity contribution in [3.8, 4) is 17.3 Å². The van der Waals surface area contributed by atoms with Crippen LogP contribution in [0.2, 0.25) is 5.02 Å². The Morgan fingerprint density at radius 2 is 2.00 bits per heavy atom. The number of fused-ring (bicyclic) bond motifs is 5. The van der Waals surface area contributed by atoms with Gasteiger partial charge in [0, 0.05) is 61.4 Å². The van der Waals surface area contributed by atoms with Crippen LogP contribution < -0.4 is 15.0 Å². The molecule has 8 rings (SSSR count). The maximum Gasteiger partial charge on any atom is 0.319 e. The van der Waals surface area contributed by atoms with Crippen LogP contribution in [-0.2, 0) is 4.74 Å². The van der Waals surface area contributed by atoms with E-state index in [9.17, 15) is 4.39 Å². The van der Waals surface area contributed by atoms with Gasteiger partial charge in [-0.1, -0.05) is 41.9 Å². The molecule has 2 aromatic carbocycles. The van der Waals surface area contributed by atoms with Crippen LogP contribution in [0.15, 0.2) is 42.6 Å². The van der Waals surface area contributed by atoms with Crippen LogP contribution in [0.3, 0.4) is 0 Å². The summed E-state index contributed by atoms with van der Waals surface area (Å²) >= 11 is 6.60. The third-order valence-corrected chi connectivity index (χ3v) is 10.2. The Morgan fingerprint density at radius 3 is 2.86 bits per heavy atom. The van der Waals surface area contributed by atoms with Crippen molar-refractivity contribution in [1.82, 2.24) is 25.2 Å². The van der Waals surface area contributed by atoms with Crippen LogP contribution in [0.1, 0.15) is 25.7 Å². The van der Waals surface area contributed by atoms with Gasteiger partial charge in [-0.05, 0) is 37.3 Å². The molecule has 0 aliphatic carbocycles. The molecule has 8 nitrogen and oxygen atoms in total. The fraction of sp³-hybridized carbons (Fsp3) is 0.469. The Hall–Kier alpha value is -3.18. The number of hydrogen-bond donors (Lipinski definition) is 1. The van der Waals surface area contributed by atoms with Crippen molar-refractivity contribution in [3.63, 3.8) is 0 Å². The topological polar surface area (TPSA) is 75.6 Å². The molecule has 4 aliphatic rings. The van der Waals surface area contributed by atoms with E-state index >= 15 is 4.39 Å². The fourth-order valence-electron chi connectivity index (χ4n) is 7.89. The van der Waals surface area contributed by atoms with Crippen molar-refractivity contribution in [3.05, 3.63) is 53.4 Å². The highest BCUT2D eigenvalue weighted by Crippen LogP contribution is 2.41. The van der Waals surface area contributed by atoms with Gasteiger partial charge in [-0.2, -0.15) is 9.97 Å². The van der Waals surface area contributed by atoms with E-state index in [4.69, 9.17) is 26.1 Å². The van der Waals surface area contributed by atoms with Crippen molar-refractivity contribution < 1.29 is 18.3 Å². The Labute approximate surface area is 253 Å². The number of pyridine rings is 1. The summed E-state index contributed by atoms with van der Waals surface area (Å²) in [6.45, 7) is 2.87. The molecule has 0 saturated carbocycles. The van der Waals surface area contributed by atoms with E-state index < -0.39 is 12.0 Å². The Morgan fingerprint density at radius 1 is 1.14 bits per heavy atom. The average molecular weight is 607 g/mol. The lowest BCUT2D eigenvalue weighted by molar-refractivity contribution is 0.0947. The van der Waals surface area contributed by atoms with E-state index in [1.807, 2.05) is 30.3 Å². The Balaban J connectivity index is 1.24. The molecule has 4 aromatic rings. The van der Waals surface area contributed by atoms with Crippen LogP contribution in [0.25, 0.3) is 32.9 Å². The second kappa shape index (κ2) is 10.5. The van der Waals surface area contributed by atoms with Gasteiger partial charge in [0.25, 0.3) is 0 Å². The molecular weight excluding hydrogens is 574 g/mol. The largest absolute Gasteiger partial charge is 0.461 e. The molecular formula is C32H33ClF2N6O2. The smallest absolute Gasteiger partial charge is 0.319 e. The lowest BCUT2D eigenvalue weighted by atomic mass is 9.95. The number of benzene rings is 2. The predicted molar refractivity (Wildman–Crippen MR) is 162 cm³/mol. The SMILES string of the molecule is CO[C@@H]1C[C@@H]2CN(c3nc(OCC45CCCN4CC(F)C5)nc4c(F)c(-c5cccc6cccc(Cl)c56)ncc34)C[C@H]1N2. The number of hydrogen-bond acceptors (Lipinski definition) is 8. The molecule has 2 bridgehead atoms. The van der Waals surface area contributed by atoms with E-state index in [-0.39, 0.29) is 47.6 Å². The minimum absolute atomic E-state index is 0.0900. The maximum absolute atomic E-state index is 16.7. The number of methoxy groups -OCH3 is 1. The second-order valence-electron chi connectivity index (χ2n) is 12.4. The standard InChI is InChI=1S/C32H33ClF2N6O2/c1-42-25-11-20-15-40(16-24(25)37-20)30-22-13-36-28(21-7-2-5-18-6-3-8-23(33)26(18)21)27(35)29(22)38-31(39-30)43-17-32-9-4-10-41(32)14-19(34)12-32/h2-3,5-8,13,19-20,24-25,37H,4,9-12,14-17H2,1H3/t19?,20-,24-,25-,32?/m1/s1. The van der Waals surface area contributed by atoms with Crippen LogP contribution in [0.5, 0.6) is 6.01 Å². The number of aromatic nitrogens is 3. The van der Waals surface area contributed by atoms with Crippen LogP contribution >= 0.6 is 11.6 Å². The third-order valence-electron chi connectivity index (χ3n) is 9.86. The monoisotopic (exact) mass is 606 g/mol. The van der Waals surface area contributed by atoms with Crippen molar-refractivity contribution >= 4 is 39.1 Å². The minimum atomic E-state index is -0.874. The maximum atomic E-state index is 16.7. The van der Waals surface area contributed by atoms with E-state index in [1.54, 1.807) is 19.4 Å². The summed E-state index contributed by atoms with van der Waals surface area (Å²) in [5.41, 5.74) is 0.519. The Bertz CT molecular complexity index is 1720. The van der Waals surface area contributed by atoms with Gasteiger partial charge in [-0.25, -0.2) is 8.78 Å². The van der Waals surface area contributed by atoms with Gasteiger partial charge < -0.3 is 19.7 Å². The third kappa shape index (κ3) is 4.53. The van der Waals surface area contributed by atoms with Crippen LogP contribution in [0.4, 0.5) is 14.6 Å². The molecule has 5 atom stereocenters. The molecule has 43 heavy (non-hydrogen) atoms. The molecule has 0 spiro atoms. The van der Waals surface area contributed by atoms with Gasteiger partial charge in [0.2, 0.25) is 0 Å². The first-order chi connectivity index (χ1) is 20.9. The first kappa shape index (κ1) is 27.4. The fourth-order valence-corrected chi connectivity index (χ4v) is 8.17. The molecule has 4 aliphatic heterocycles. The molecule has 224 valence electrons. The summed E-state index contributed by atoms with van der Waals surface area (Å²) < 4.78 is 43.1. The summed E-state index contributed by atoms with van der Waals surface area (Å²) in [6.07, 6.45) is 4.06. The molecule has 6 heterocycles. The van der Waals surface area contributed by atoms with Crippen LogP contribution in [0, 0.1) is 5.82 Å². The van der Waals surface area contributed by atoms with Crippen molar-refractivity contribution in [2.24, 2.45) is 0 Å². The molecule has 2 unspecified atom stereocenters. The zero-order chi connectivity index (χ0) is 29.3. The number of halogens is 3. The number of rotatable bonds is 6. The molecule has 0 radical (unpaired) electrons. The normalized spacial score (nSPS) is 28.7. The molecule has 2 aromatic heterocycles. The number of piperazine rings is 1. The number of nitrogens with zero attached hydrogens (tertiary/aromatic N) is 5. The van der Waals surface area contributed by atoms with Gasteiger partial charge in [0.1, 0.15) is 29.8 Å². The van der Waals surface area contributed by atoms with Gasteiger partial charge in [0.05, 0.1) is 23.1 Å². The highest BCUT2D eigenvalue weighted by molar-refractivity contribution is 6.36. The molecule has 0 amide bonds. The highest BCUT2D eigenvalue weighted by Gasteiger charge is 2.49. The zero-order valence-electron chi connectivity index (χ0n) is 23.9. The van der Waals surface area contributed by atoms with Crippen molar-refractivity contribution in [2.75, 3.05) is 44.8 Å². The van der Waals surface area contributed by atoms with Gasteiger partial charge in [0.15, 0.2) is 5.82 Å². The van der Waals surface area contributed by atoms with Gasteiger partial charge >= 0.3 is 6.01 Å². The van der Waals surface area contributed by atoms with Crippen molar-refractivity contribution in [1.29, 1.82) is 0 Å². The van der Waals surface area contributed by atoms with E-state index in [0.717, 1.165) is 36.6 Å². The summed E-state index contributed by atoms with van der Waals surface area (Å²) in [5.74, 6) is 0.0226. The van der Waals surface area contributed by atoms with E-state index in [2.05, 4.69) is 25.1 Å². The first-order valence-electron chi connectivity index (χ1n) is 15.0. The molecule has 11 heteroatoms. The molecule has 1 N–H and O–H groups in total. The van der Waals surface area contributed by atoms with Gasteiger partial charge in [-0.3, -0.25) is 9.88 Å². The number of ether oxygens (including phenoxy) is 2. The number of anilines is 1. The predicted octanol–water partition coefficient (Wildman–Crippen LogP) is 5.16. The zero-order valence-corrected chi connectivity index (χ0v) is 24.7. The molecule has 4 fully saturated rings. The van der Waals surface area contributed by atoms with Crippen molar-refractivity contribution in [2.45, 2.75) is 55.6 Å². The summed E-state index contributed by atoms with van der Waals surface area (Å²) in [7, 11) is 1.74. The lowest BCUT2D eigenvalue weighted by Gasteiger charge is -2.35. The van der Waals surface area contributed by atoms with E-state index in [0.29, 0.717) is 47.8 Å². The Kier molecular flexibility index (Phi) is 6.67. The summed E-state index contributed by atoms with van der Waals surface area (Å²) in [6, 6.07) is 11.7. The molecule has 4 saturated heterocycles. The van der Waals surface area contributed by atoms with Crippen LogP contribution in [-0.4, -0.2) is 89.6 Å². The minimum Gasteiger partial charge on any atom is -0.461 e. The highest BCUT2D eigenvalue weighted by atomic mass is 35.5. The number of nitrogens with one attached hydrogen (secondary N) is 1. The van der Waals surface area contributed by atoms with E-state index in [1.165, 1.54) is 0 Å². The van der Waals surface area contributed by atoms with Gasteiger partial charge in [-0.15, -0.1) is 0 Å². The first-order valence-corrected chi connectivity index (χ1v) is 15.4. The lowest BCUT2D eigenvalue weighted by Crippen LogP contribution is -2.53. The average Bonchev–Trinajstić information content (AvgIpc) is 3.64.